The van der Waals surface area contributed by atoms with Gasteiger partial charge in [0.2, 0.25) is 0 Å². The van der Waals surface area contributed by atoms with Gasteiger partial charge in [0.1, 0.15) is 0 Å². The van der Waals surface area contributed by atoms with Crippen LogP contribution < -0.4 is 10.2 Å². The summed E-state index contributed by atoms with van der Waals surface area (Å²) in [5.74, 6) is 0.00902. The van der Waals surface area contributed by atoms with Crippen LogP contribution in [0.25, 0.3) is 0 Å². The predicted molar refractivity (Wildman–Crippen MR) is 108 cm³/mol. The van der Waals surface area contributed by atoms with E-state index in [1.165, 1.54) is 5.56 Å². The number of hydrogen-bond donors (Lipinski definition) is 1. The Hall–Kier alpha value is -2.07. The van der Waals surface area contributed by atoms with Crippen LogP contribution in [-0.2, 0) is 0 Å². The van der Waals surface area contributed by atoms with Crippen LogP contribution >= 0.6 is 22.6 Å². The van der Waals surface area contributed by atoms with E-state index >= 15 is 0 Å². The Morgan fingerprint density at radius 3 is 2.48 bits per heavy atom. The summed E-state index contributed by atoms with van der Waals surface area (Å²) < 4.78 is 1.11. The molecule has 1 heterocycles. The van der Waals surface area contributed by atoms with Gasteiger partial charge in [-0.3, -0.25) is 4.79 Å². The molecule has 0 bridgehead atoms. The smallest absolute Gasteiger partial charge is 0.251 e. The number of carbonyl (C=O) groups excluding carboxylic acids is 1. The summed E-state index contributed by atoms with van der Waals surface area (Å²) >= 11 is 2.26. The van der Waals surface area contributed by atoms with Crippen molar-refractivity contribution in [2.24, 2.45) is 0 Å². The third-order valence-corrected chi connectivity index (χ3v) is 5.79. The lowest BCUT2D eigenvalue weighted by atomic mass is 10.0. The lowest BCUT2D eigenvalue weighted by molar-refractivity contribution is 0.0931. The number of rotatable bonds is 3. The molecule has 25 heavy (non-hydrogen) atoms. The van der Waals surface area contributed by atoms with Crippen LogP contribution in [0.1, 0.15) is 34.3 Å². The fourth-order valence-corrected chi connectivity index (χ4v) is 3.55. The normalized spacial score (nSPS) is 14.8. The van der Waals surface area contributed by atoms with E-state index < -0.39 is 0 Å². The number of benzene rings is 2. The third-order valence-electron chi connectivity index (χ3n) is 4.63. The van der Waals surface area contributed by atoms with Gasteiger partial charge >= 0.3 is 0 Å². The van der Waals surface area contributed by atoms with Crippen LogP contribution in [0.5, 0.6) is 0 Å². The second-order valence-corrected chi connectivity index (χ2v) is 7.52. The molecule has 0 aliphatic carbocycles. The van der Waals surface area contributed by atoms with Gasteiger partial charge in [0.15, 0.2) is 0 Å². The standard InChI is InChI=1S/C20H20IN3O/c1-14-2-5-16(12-19(14)21)20(25)23-17-8-10-24(11-9-17)18-6-3-15(13-22)4-7-18/h2-7,12,17H,8-11H2,1H3,(H,23,25). The summed E-state index contributed by atoms with van der Waals surface area (Å²) in [4.78, 5) is 14.7. The Balaban J connectivity index is 1.56. The highest BCUT2D eigenvalue weighted by atomic mass is 127. The minimum Gasteiger partial charge on any atom is -0.371 e. The highest BCUT2D eigenvalue weighted by molar-refractivity contribution is 14.1. The van der Waals surface area contributed by atoms with Crippen molar-refractivity contribution in [1.29, 1.82) is 5.26 Å². The molecule has 0 spiro atoms. The Kier molecular flexibility index (Phi) is 5.59. The number of aryl methyl sites for hydroxylation is 1. The highest BCUT2D eigenvalue weighted by Gasteiger charge is 2.21. The predicted octanol–water partition coefficient (Wildman–Crippen LogP) is 3.87. The van der Waals surface area contributed by atoms with Crippen LogP contribution in [0.4, 0.5) is 5.69 Å². The molecule has 1 N–H and O–H groups in total. The number of carbonyl (C=O) groups is 1. The van der Waals surface area contributed by atoms with E-state index in [9.17, 15) is 4.79 Å². The number of halogens is 1. The van der Waals surface area contributed by atoms with Crippen molar-refractivity contribution >= 4 is 34.2 Å². The quantitative estimate of drug-likeness (QED) is 0.730. The minimum atomic E-state index is 0.00902. The van der Waals surface area contributed by atoms with Crippen LogP contribution in [0, 0.1) is 21.8 Å². The number of amides is 1. The number of nitrogens with zero attached hydrogens (tertiary/aromatic N) is 2. The van der Waals surface area contributed by atoms with Crippen LogP contribution in [0.2, 0.25) is 0 Å². The van der Waals surface area contributed by atoms with Crippen molar-refractivity contribution in [3.05, 3.63) is 62.7 Å². The molecule has 2 aromatic carbocycles. The molecule has 1 aliphatic rings. The van der Waals surface area contributed by atoms with Gasteiger partial charge in [0, 0.05) is 34.0 Å². The molecular weight excluding hydrogens is 425 g/mol. The maximum atomic E-state index is 12.4. The molecule has 1 aliphatic heterocycles. The first-order chi connectivity index (χ1) is 12.1. The average Bonchev–Trinajstić information content (AvgIpc) is 2.64. The molecule has 1 fully saturated rings. The Bertz CT molecular complexity index is 803. The van der Waals surface area contributed by atoms with Gasteiger partial charge in [-0.1, -0.05) is 6.07 Å². The Morgan fingerprint density at radius 1 is 1.20 bits per heavy atom. The van der Waals surface area contributed by atoms with Gasteiger partial charge in [0.25, 0.3) is 5.91 Å². The topological polar surface area (TPSA) is 56.1 Å². The summed E-state index contributed by atoms with van der Waals surface area (Å²) in [5.41, 5.74) is 3.73. The molecule has 1 amide bonds. The van der Waals surface area contributed by atoms with Crippen LogP contribution in [-0.4, -0.2) is 25.0 Å². The maximum absolute atomic E-state index is 12.4. The van der Waals surface area contributed by atoms with E-state index in [2.05, 4.69) is 38.9 Å². The van der Waals surface area contributed by atoms with Crippen molar-refractivity contribution in [1.82, 2.24) is 5.32 Å². The summed E-state index contributed by atoms with van der Waals surface area (Å²) in [5, 5.41) is 12.0. The number of piperidine rings is 1. The molecule has 0 atom stereocenters. The van der Waals surface area contributed by atoms with Crippen molar-refractivity contribution in [2.75, 3.05) is 18.0 Å². The van der Waals surface area contributed by atoms with E-state index in [0.717, 1.165) is 40.8 Å². The number of nitrogens with one attached hydrogen (secondary N) is 1. The highest BCUT2D eigenvalue weighted by Crippen LogP contribution is 2.21. The molecular formula is C20H20IN3O. The molecule has 0 radical (unpaired) electrons. The van der Waals surface area contributed by atoms with Crippen molar-refractivity contribution in [3.8, 4) is 6.07 Å². The first-order valence-electron chi connectivity index (χ1n) is 8.39. The molecule has 1 saturated heterocycles. The summed E-state index contributed by atoms with van der Waals surface area (Å²) in [6.45, 7) is 3.85. The fraction of sp³-hybridized carbons (Fsp3) is 0.300. The maximum Gasteiger partial charge on any atom is 0.251 e. The Labute approximate surface area is 162 Å². The molecule has 0 saturated carbocycles. The van der Waals surface area contributed by atoms with E-state index in [1.807, 2.05) is 49.4 Å². The number of hydrogen-bond acceptors (Lipinski definition) is 3. The lowest BCUT2D eigenvalue weighted by Crippen LogP contribution is -2.44. The zero-order valence-corrected chi connectivity index (χ0v) is 16.3. The van der Waals surface area contributed by atoms with Gasteiger partial charge in [-0.15, -0.1) is 0 Å². The zero-order chi connectivity index (χ0) is 17.8. The molecule has 128 valence electrons. The number of anilines is 1. The van der Waals surface area contributed by atoms with Crippen LogP contribution in [0.3, 0.4) is 0 Å². The molecule has 2 aromatic rings. The van der Waals surface area contributed by atoms with E-state index in [4.69, 9.17) is 5.26 Å². The average molecular weight is 445 g/mol. The van der Waals surface area contributed by atoms with E-state index in [1.54, 1.807) is 0 Å². The summed E-state index contributed by atoms with van der Waals surface area (Å²) in [6, 6.07) is 15.9. The van der Waals surface area contributed by atoms with E-state index in [0.29, 0.717) is 5.56 Å². The zero-order valence-electron chi connectivity index (χ0n) is 14.1. The molecule has 5 heteroatoms. The summed E-state index contributed by atoms with van der Waals surface area (Å²) in [6.07, 6.45) is 1.85. The monoisotopic (exact) mass is 445 g/mol. The fourth-order valence-electron chi connectivity index (χ4n) is 3.03. The van der Waals surface area contributed by atoms with Gasteiger partial charge in [0.05, 0.1) is 11.6 Å². The van der Waals surface area contributed by atoms with Gasteiger partial charge in [-0.25, -0.2) is 0 Å². The molecule has 0 unspecified atom stereocenters. The Morgan fingerprint density at radius 2 is 1.88 bits per heavy atom. The molecule has 4 nitrogen and oxygen atoms in total. The van der Waals surface area contributed by atoms with Gasteiger partial charge < -0.3 is 10.2 Å². The lowest BCUT2D eigenvalue weighted by Gasteiger charge is -2.34. The second kappa shape index (κ2) is 7.87. The first kappa shape index (κ1) is 17.7. The SMILES string of the molecule is Cc1ccc(C(=O)NC2CCN(c3ccc(C#N)cc3)CC2)cc1I. The van der Waals surface area contributed by atoms with E-state index in [-0.39, 0.29) is 11.9 Å². The minimum absolute atomic E-state index is 0.00902. The first-order valence-corrected chi connectivity index (χ1v) is 9.47. The van der Waals surface area contributed by atoms with Crippen LogP contribution in [0.15, 0.2) is 42.5 Å². The van der Waals surface area contributed by atoms with Crippen molar-refractivity contribution in [3.63, 3.8) is 0 Å². The second-order valence-electron chi connectivity index (χ2n) is 6.36. The summed E-state index contributed by atoms with van der Waals surface area (Å²) in [7, 11) is 0. The number of nitriles is 1. The molecule has 3 rings (SSSR count). The largest absolute Gasteiger partial charge is 0.371 e. The third kappa shape index (κ3) is 4.31. The van der Waals surface area contributed by atoms with Gasteiger partial charge in [-0.2, -0.15) is 5.26 Å². The van der Waals surface area contributed by atoms with Crippen molar-refractivity contribution < 1.29 is 4.79 Å². The molecule has 0 aromatic heterocycles. The van der Waals surface area contributed by atoms with Crippen molar-refractivity contribution in [2.45, 2.75) is 25.8 Å². The van der Waals surface area contributed by atoms with Gasteiger partial charge in [-0.05, 0) is 84.3 Å².